The normalized spacial score (nSPS) is 10.4. The van der Waals surface area contributed by atoms with Gasteiger partial charge in [0.05, 0.1) is 15.1 Å². The zero-order chi connectivity index (χ0) is 13.3. The van der Waals surface area contributed by atoms with Gasteiger partial charge in [0, 0.05) is 6.20 Å². The number of rotatable bonds is 2. The highest BCUT2D eigenvalue weighted by Crippen LogP contribution is 2.31. The van der Waals surface area contributed by atoms with Crippen molar-refractivity contribution in [2.24, 2.45) is 0 Å². The van der Waals surface area contributed by atoms with Gasteiger partial charge in [-0.2, -0.15) is 0 Å². The summed E-state index contributed by atoms with van der Waals surface area (Å²) in [5.74, 6) is -0.519. The van der Waals surface area contributed by atoms with Crippen LogP contribution in [0.25, 0.3) is 0 Å². The summed E-state index contributed by atoms with van der Waals surface area (Å²) in [5, 5.41) is 11.4. The van der Waals surface area contributed by atoms with Gasteiger partial charge < -0.3 is 0 Å². The number of pyridine rings is 1. The van der Waals surface area contributed by atoms with Crippen LogP contribution < -0.4 is 5.32 Å². The lowest BCUT2D eigenvalue weighted by Gasteiger charge is -2.05. The van der Waals surface area contributed by atoms with Crippen LogP contribution in [0.4, 0.5) is 5.13 Å². The van der Waals surface area contributed by atoms with E-state index in [1.165, 1.54) is 17.5 Å². The van der Waals surface area contributed by atoms with Crippen molar-refractivity contribution in [1.29, 1.82) is 0 Å². The molecule has 94 valence electrons. The summed E-state index contributed by atoms with van der Waals surface area (Å²) < 4.78 is 0. The number of aryl methyl sites for hydroxylation is 1. The number of amides is 1. The second-order valence-corrected chi connectivity index (χ2v) is 5.51. The molecule has 2 rings (SSSR count). The molecule has 0 radical (unpaired) electrons. The fourth-order valence-corrected chi connectivity index (χ4v) is 2.26. The molecule has 0 fully saturated rings. The molecule has 0 atom stereocenters. The van der Waals surface area contributed by atoms with Crippen LogP contribution in [0.3, 0.4) is 0 Å². The minimum Gasteiger partial charge on any atom is -0.295 e. The minimum atomic E-state index is -0.519. The van der Waals surface area contributed by atoms with Crippen molar-refractivity contribution < 1.29 is 4.79 Å². The van der Waals surface area contributed by atoms with E-state index in [0.29, 0.717) is 5.13 Å². The van der Waals surface area contributed by atoms with E-state index in [9.17, 15) is 4.79 Å². The van der Waals surface area contributed by atoms with Gasteiger partial charge in [-0.1, -0.05) is 46.1 Å². The highest BCUT2D eigenvalue weighted by Gasteiger charge is 2.18. The molecule has 18 heavy (non-hydrogen) atoms. The quantitative estimate of drug-likeness (QED) is 0.919. The van der Waals surface area contributed by atoms with E-state index >= 15 is 0 Å². The van der Waals surface area contributed by atoms with Gasteiger partial charge in [0.1, 0.15) is 10.7 Å². The van der Waals surface area contributed by atoms with Gasteiger partial charge in [0.2, 0.25) is 5.13 Å². The molecule has 0 spiro atoms. The van der Waals surface area contributed by atoms with E-state index in [1.54, 1.807) is 6.92 Å². The summed E-state index contributed by atoms with van der Waals surface area (Å²) in [4.78, 5) is 15.7. The monoisotopic (exact) mass is 322 g/mol. The largest absolute Gasteiger partial charge is 0.295 e. The maximum absolute atomic E-state index is 11.9. The Morgan fingerprint density at radius 1 is 1.28 bits per heavy atom. The van der Waals surface area contributed by atoms with Gasteiger partial charge in [0.15, 0.2) is 0 Å². The van der Waals surface area contributed by atoms with Crippen LogP contribution in [0, 0.1) is 6.92 Å². The molecule has 2 heterocycles. The smallest absolute Gasteiger partial charge is 0.277 e. The first-order valence-electron chi connectivity index (χ1n) is 4.60. The van der Waals surface area contributed by atoms with E-state index in [0.717, 1.165) is 5.01 Å². The van der Waals surface area contributed by atoms with Crippen LogP contribution >= 0.6 is 46.1 Å². The van der Waals surface area contributed by atoms with Crippen molar-refractivity contribution >= 4 is 57.2 Å². The van der Waals surface area contributed by atoms with E-state index in [2.05, 4.69) is 20.5 Å². The second-order valence-electron chi connectivity index (χ2n) is 3.16. The van der Waals surface area contributed by atoms with Gasteiger partial charge >= 0.3 is 0 Å². The number of aromatic nitrogens is 3. The molecule has 0 aliphatic heterocycles. The molecule has 1 N–H and O–H groups in total. The zero-order valence-corrected chi connectivity index (χ0v) is 12.0. The molecule has 0 unspecified atom stereocenters. The van der Waals surface area contributed by atoms with E-state index in [-0.39, 0.29) is 20.8 Å². The Kier molecular flexibility index (Phi) is 4.01. The molecule has 0 bridgehead atoms. The van der Waals surface area contributed by atoms with Crippen LogP contribution in [0.1, 0.15) is 15.5 Å². The van der Waals surface area contributed by atoms with Crippen LogP contribution in [0.5, 0.6) is 0 Å². The lowest BCUT2D eigenvalue weighted by molar-refractivity contribution is 0.102. The Morgan fingerprint density at radius 2 is 2.00 bits per heavy atom. The molecule has 0 aliphatic carbocycles. The Bertz CT molecular complexity index is 616. The maximum Gasteiger partial charge on any atom is 0.277 e. The number of hydrogen-bond donors (Lipinski definition) is 1. The number of carbonyl (C=O) groups excluding carboxylic acids is 1. The number of anilines is 1. The molecular weight excluding hydrogens is 319 g/mol. The van der Waals surface area contributed by atoms with E-state index in [1.807, 2.05) is 0 Å². The Hall–Kier alpha value is -0.950. The summed E-state index contributed by atoms with van der Waals surface area (Å²) in [5.41, 5.74) is -0.0149. The second kappa shape index (κ2) is 5.36. The Morgan fingerprint density at radius 3 is 2.61 bits per heavy atom. The molecule has 1 amide bonds. The lowest BCUT2D eigenvalue weighted by Crippen LogP contribution is -2.14. The molecule has 0 aliphatic rings. The molecule has 2 aromatic heterocycles. The van der Waals surface area contributed by atoms with Crippen LogP contribution in [0.15, 0.2) is 6.20 Å². The van der Waals surface area contributed by atoms with Crippen molar-refractivity contribution in [2.75, 3.05) is 5.32 Å². The molecular formula is C9H5Cl3N4OS. The Balaban J connectivity index is 2.27. The summed E-state index contributed by atoms with van der Waals surface area (Å²) in [6, 6.07) is 0. The van der Waals surface area contributed by atoms with Gasteiger partial charge in [-0.25, -0.2) is 4.98 Å². The predicted octanol–water partition coefficient (Wildman–Crippen LogP) is 3.45. The first-order chi connectivity index (χ1) is 8.49. The summed E-state index contributed by atoms with van der Waals surface area (Å²) in [6.07, 6.45) is 1.26. The number of nitrogens with zero attached hydrogens (tertiary/aromatic N) is 3. The third kappa shape index (κ3) is 2.72. The minimum absolute atomic E-state index is 0.00269. The summed E-state index contributed by atoms with van der Waals surface area (Å²) in [7, 11) is 0. The third-order valence-electron chi connectivity index (χ3n) is 1.88. The highest BCUT2D eigenvalue weighted by atomic mass is 35.5. The third-order valence-corrected chi connectivity index (χ3v) is 3.87. The van der Waals surface area contributed by atoms with Crippen molar-refractivity contribution in [1.82, 2.24) is 15.2 Å². The SMILES string of the molecule is Cc1nnc(NC(=O)c2ncc(Cl)c(Cl)c2Cl)s1. The Labute approximate surface area is 121 Å². The number of halogens is 3. The van der Waals surface area contributed by atoms with Crippen LogP contribution in [-0.4, -0.2) is 21.1 Å². The molecule has 2 aromatic rings. The molecule has 0 aromatic carbocycles. The van der Waals surface area contributed by atoms with Gasteiger partial charge in [-0.05, 0) is 6.92 Å². The van der Waals surface area contributed by atoms with Crippen molar-refractivity contribution in [3.63, 3.8) is 0 Å². The van der Waals surface area contributed by atoms with Crippen LogP contribution in [-0.2, 0) is 0 Å². The molecule has 5 nitrogen and oxygen atoms in total. The zero-order valence-electron chi connectivity index (χ0n) is 8.87. The molecule has 9 heteroatoms. The first kappa shape index (κ1) is 13.5. The topological polar surface area (TPSA) is 67.8 Å². The van der Waals surface area contributed by atoms with E-state index in [4.69, 9.17) is 34.8 Å². The van der Waals surface area contributed by atoms with Crippen molar-refractivity contribution in [3.05, 3.63) is 32.0 Å². The maximum atomic E-state index is 11.9. The molecule has 0 saturated heterocycles. The van der Waals surface area contributed by atoms with Crippen LogP contribution in [0.2, 0.25) is 15.1 Å². The summed E-state index contributed by atoms with van der Waals surface area (Å²) in [6.45, 7) is 1.78. The molecule has 0 saturated carbocycles. The first-order valence-corrected chi connectivity index (χ1v) is 6.55. The average Bonchev–Trinajstić information content (AvgIpc) is 2.71. The fourth-order valence-electron chi connectivity index (χ4n) is 1.11. The number of hydrogen-bond acceptors (Lipinski definition) is 5. The van der Waals surface area contributed by atoms with Gasteiger partial charge in [-0.3, -0.25) is 10.1 Å². The standard InChI is InChI=1S/C9H5Cl3N4OS/c1-3-15-16-9(18-3)14-8(17)7-6(12)5(11)4(10)2-13-7/h2H,1H3,(H,14,16,17). The number of carbonyl (C=O) groups is 1. The predicted molar refractivity (Wildman–Crippen MR) is 71.9 cm³/mol. The van der Waals surface area contributed by atoms with Crippen molar-refractivity contribution in [3.8, 4) is 0 Å². The highest BCUT2D eigenvalue weighted by molar-refractivity contribution is 7.15. The van der Waals surface area contributed by atoms with E-state index < -0.39 is 5.91 Å². The number of nitrogens with one attached hydrogen (secondary N) is 1. The lowest BCUT2D eigenvalue weighted by atomic mass is 10.3. The van der Waals surface area contributed by atoms with Gasteiger partial charge in [-0.15, -0.1) is 10.2 Å². The fraction of sp³-hybridized carbons (Fsp3) is 0.111. The van der Waals surface area contributed by atoms with Crippen molar-refractivity contribution in [2.45, 2.75) is 6.92 Å². The summed E-state index contributed by atoms with van der Waals surface area (Å²) >= 11 is 18.7. The van der Waals surface area contributed by atoms with Gasteiger partial charge in [0.25, 0.3) is 5.91 Å². The average molecular weight is 324 g/mol.